The lowest BCUT2D eigenvalue weighted by molar-refractivity contribution is -0.136. The quantitative estimate of drug-likeness (QED) is 0.848. The van der Waals surface area contributed by atoms with E-state index < -0.39 is 12.6 Å². The molecule has 2 nitrogen and oxygen atoms in total. The van der Waals surface area contributed by atoms with E-state index in [2.05, 4.69) is 0 Å². The molecule has 0 saturated carbocycles. The van der Waals surface area contributed by atoms with E-state index in [1.807, 2.05) is 18.2 Å². The molecule has 0 spiro atoms. The molecule has 1 aliphatic rings. The highest BCUT2D eigenvalue weighted by molar-refractivity contribution is 5.43. The van der Waals surface area contributed by atoms with Crippen LogP contribution < -0.4 is 10.5 Å². The SMILES string of the molecule is NC1CCCc2c(OCCCC(F)(F)F)cccc21. The molecule has 0 fully saturated rings. The summed E-state index contributed by atoms with van der Waals surface area (Å²) in [5.74, 6) is 0.690. The van der Waals surface area contributed by atoms with Crippen LogP contribution in [0.25, 0.3) is 0 Å². The molecule has 19 heavy (non-hydrogen) atoms. The van der Waals surface area contributed by atoms with Crippen molar-refractivity contribution in [3.63, 3.8) is 0 Å². The van der Waals surface area contributed by atoms with Gasteiger partial charge in [0.05, 0.1) is 6.61 Å². The molecule has 2 N–H and O–H groups in total. The van der Waals surface area contributed by atoms with Gasteiger partial charge in [-0.3, -0.25) is 0 Å². The Morgan fingerprint density at radius 2 is 2.11 bits per heavy atom. The first-order chi connectivity index (χ1) is 8.97. The third-order valence-electron chi connectivity index (χ3n) is 3.37. The topological polar surface area (TPSA) is 35.2 Å². The predicted molar refractivity (Wildman–Crippen MR) is 67.1 cm³/mol. The molecule has 2 rings (SSSR count). The predicted octanol–water partition coefficient (Wildman–Crippen LogP) is 3.74. The average Bonchev–Trinajstić information content (AvgIpc) is 2.34. The minimum absolute atomic E-state index is 0.0147. The Morgan fingerprint density at radius 3 is 2.84 bits per heavy atom. The van der Waals surface area contributed by atoms with Crippen LogP contribution in [0.2, 0.25) is 0 Å². The fraction of sp³-hybridized carbons (Fsp3) is 0.571. The first-order valence-electron chi connectivity index (χ1n) is 6.54. The van der Waals surface area contributed by atoms with Crippen LogP contribution in [0.3, 0.4) is 0 Å². The van der Waals surface area contributed by atoms with Crippen LogP contribution in [0.1, 0.15) is 42.9 Å². The number of alkyl halides is 3. The standard InChI is InChI=1S/C14H18F3NO/c15-14(16,17)8-3-9-19-13-7-2-4-10-11(13)5-1-6-12(10)18/h2,4,7,12H,1,3,5-6,8-9,18H2. The molecule has 106 valence electrons. The molecule has 1 aliphatic carbocycles. The van der Waals surface area contributed by atoms with Crippen molar-refractivity contribution in [2.45, 2.75) is 44.3 Å². The number of fused-ring (bicyclic) bond motifs is 1. The van der Waals surface area contributed by atoms with Crippen molar-refractivity contribution in [1.82, 2.24) is 0 Å². The largest absolute Gasteiger partial charge is 0.493 e. The van der Waals surface area contributed by atoms with Crippen LogP contribution in [-0.2, 0) is 6.42 Å². The second-order valence-corrected chi connectivity index (χ2v) is 4.89. The molecule has 0 aromatic heterocycles. The molecule has 0 saturated heterocycles. The van der Waals surface area contributed by atoms with Gasteiger partial charge in [-0.1, -0.05) is 12.1 Å². The monoisotopic (exact) mass is 273 g/mol. The van der Waals surface area contributed by atoms with Crippen molar-refractivity contribution >= 4 is 0 Å². The maximum absolute atomic E-state index is 12.0. The lowest BCUT2D eigenvalue weighted by Crippen LogP contribution is -2.18. The van der Waals surface area contributed by atoms with Gasteiger partial charge in [0.2, 0.25) is 0 Å². The van der Waals surface area contributed by atoms with Gasteiger partial charge >= 0.3 is 6.18 Å². The Hall–Kier alpha value is -1.23. The Kier molecular flexibility index (Phi) is 4.34. The molecule has 1 aromatic rings. The number of benzene rings is 1. The van der Waals surface area contributed by atoms with E-state index in [4.69, 9.17) is 10.5 Å². The maximum atomic E-state index is 12.0. The minimum atomic E-state index is -4.11. The fourth-order valence-corrected chi connectivity index (χ4v) is 2.44. The highest BCUT2D eigenvalue weighted by Gasteiger charge is 2.26. The zero-order valence-electron chi connectivity index (χ0n) is 10.7. The van der Waals surface area contributed by atoms with Gasteiger partial charge < -0.3 is 10.5 Å². The summed E-state index contributed by atoms with van der Waals surface area (Å²) in [4.78, 5) is 0. The molecule has 5 heteroatoms. The van der Waals surface area contributed by atoms with Crippen LogP contribution in [0.4, 0.5) is 13.2 Å². The van der Waals surface area contributed by atoms with Gasteiger partial charge in [-0.05, 0) is 42.9 Å². The lowest BCUT2D eigenvalue weighted by Gasteiger charge is -2.24. The zero-order valence-corrected chi connectivity index (χ0v) is 10.7. The number of halogens is 3. The lowest BCUT2D eigenvalue weighted by atomic mass is 9.87. The first kappa shape index (κ1) is 14.2. The van der Waals surface area contributed by atoms with Gasteiger partial charge in [0.1, 0.15) is 5.75 Å². The van der Waals surface area contributed by atoms with Crippen molar-refractivity contribution in [3.8, 4) is 5.75 Å². The summed E-state index contributed by atoms with van der Waals surface area (Å²) in [5, 5.41) is 0. The third kappa shape index (κ3) is 3.86. The van der Waals surface area contributed by atoms with Crippen LogP contribution in [-0.4, -0.2) is 12.8 Å². The first-order valence-corrected chi connectivity index (χ1v) is 6.54. The molecular formula is C14H18F3NO. The van der Waals surface area contributed by atoms with Crippen LogP contribution >= 0.6 is 0 Å². The number of hydrogen-bond acceptors (Lipinski definition) is 2. The zero-order chi connectivity index (χ0) is 13.9. The molecule has 0 aliphatic heterocycles. The maximum Gasteiger partial charge on any atom is 0.389 e. The second kappa shape index (κ2) is 5.82. The molecular weight excluding hydrogens is 255 g/mol. The minimum Gasteiger partial charge on any atom is -0.493 e. The summed E-state index contributed by atoms with van der Waals surface area (Å²) >= 11 is 0. The summed E-state index contributed by atoms with van der Waals surface area (Å²) in [6.07, 6.45) is -2.09. The van der Waals surface area contributed by atoms with Crippen molar-refractivity contribution in [3.05, 3.63) is 29.3 Å². The van der Waals surface area contributed by atoms with E-state index in [0.717, 1.165) is 30.4 Å². The van der Waals surface area contributed by atoms with Crippen LogP contribution in [0, 0.1) is 0 Å². The van der Waals surface area contributed by atoms with Crippen molar-refractivity contribution < 1.29 is 17.9 Å². The van der Waals surface area contributed by atoms with Crippen LogP contribution in [0.5, 0.6) is 5.75 Å². The summed E-state index contributed by atoms with van der Waals surface area (Å²) in [5.41, 5.74) is 8.16. The molecule has 0 bridgehead atoms. The highest BCUT2D eigenvalue weighted by Crippen LogP contribution is 2.34. The molecule has 0 radical (unpaired) electrons. The van der Waals surface area contributed by atoms with Gasteiger partial charge in [-0.15, -0.1) is 0 Å². The Labute approximate surface area is 110 Å². The normalized spacial score (nSPS) is 19.1. The van der Waals surface area contributed by atoms with E-state index in [1.54, 1.807) is 0 Å². The van der Waals surface area contributed by atoms with Crippen molar-refractivity contribution in [1.29, 1.82) is 0 Å². The molecule has 1 aromatic carbocycles. The Balaban J connectivity index is 1.96. The van der Waals surface area contributed by atoms with Gasteiger partial charge in [-0.25, -0.2) is 0 Å². The van der Waals surface area contributed by atoms with Crippen molar-refractivity contribution in [2.24, 2.45) is 5.73 Å². The highest BCUT2D eigenvalue weighted by atomic mass is 19.4. The Bertz CT molecular complexity index is 431. The molecule has 1 atom stereocenters. The smallest absolute Gasteiger partial charge is 0.389 e. The summed E-state index contributed by atoms with van der Waals surface area (Å²) in [6, 6.07) is 5.65. The summed E-state index contributed by atoms with van der Waals surface area (Å²) < 4.78 is 41.6. The van der Waals surface area contributed by atoms with Gasteiger partial charge in [0.25, 0.3) is 0 Å². The summed E-state index contributed by atoms with van der Waals surface area (Å²) in [6.45, 7) is 0.0885. The van der Waals surface area contributed by atoms with E-state index in [-0.39, 0.29) is 19.1 Å². The molecule has 1 unspecified atom stereocenters. The number of ether oxygens (including phenoxy) is 1. The number of rotatable bonds is 4. The average molecular weight is 273 g/mol. The second-order valence-electron chi connectivity index (χ2n) is 4.89. The van der Waals surface area contributed by atoms with E-state index in [1.165, 1.54) is 0 Å². The van der Waals surface area contributed by atoms with E-state index in [0.29, 0.717) is 5.75 Å². The van der Waals surface area contributed by atoms with Gasteiger partial charge in [-0.2, -0.15) is 13.2 Å². The molecule has 0 amide bonds. The van der Waals surface area contributed by atoms with E-state index in [9.17, 15) is 13.2 Å². The fourth-order valence-electron chi connectivity index (χ4n) is 2.44. The van der Waals surface area contributed by atoms with E-state index >= 15 is 0 Å². The number of hydrogen-bond donors (Lipinski definition) is 1. The van der Waals surface area contributed by atoms with Crippen molar-refractivity contribution in [2.75, 3.05) is 6.61 Å². The Morgan fingerprint density at radius 1 is 1.32 bits per heavy atom. The summed E-state index contributed by atoms with van der Waals surface area (Å²) in [7, 11) is 0. The van der Waals surface area contributed by atoms with Gasteiger partial charge in [0, 0.05) is 12.5 Å². The third-order valence-corrected chi connectivity index (χ3v) is 3.37. The molecule has 0 heterocycles. The number of nitrogens with two attached hydrogens (primary N) is 1. The van der Waals surface area contributed by atoms with Crippen LogP contribution in [0.15, 0.2) is 18.2 Å². The van der Waals surface area contributed by atoms with Gasteiger partial charge in [0.15, 0.2) is 0 Å².